The molecule has 12 nitrogen and oxygen atoms in total. The number of nitrogens with one attached hydrogen (secondary N) is 1. The Kier molecular flexibility index (Phi) is 12.7. The SMILES string of the molecule is CC(CN[C@@H](Cc1ccc(OC(=O)OC(C)(C)C)c(OC(=O)OC(C)(C)C)c1)C(=O)O)OC(=O)OC(C)C(C)C. The van der Waals surface area contributed by atoms with Crippen LogP contribution in [-0.4, -0.2) is 65.5 Å². The molecule has 0 aliphatic rings. The highest BCUT2D eigenvalue weighted by Gasteiger charge is 2.25. The van der Waals surface area contributed by atoms with E-state index in [9.17, 15) is 24.3 Å². The molecule has 0 aliphatic heterocycles. The van der Waals surface area contributed by atoms with E-state index < -0.39 is 47.8 Å². The van der Waals surface area contributed by atoms with E-state index in [0.29, 0.717) is 5.56 Å². The molecule has 0 heterocycles. The fraction of sp³-hybridized carbons (Fsp3) is 0.643. The van der Waals surface area contributed by atoms with Gasteiger partial charge in [-0.05, 0) is 85.4 Å². The number of carboxylic acids is 1. The largest absolute Gasteiger partial charge is 0.514 e. The van der Waals surface area contributed by atoms with Gasteiger partial charge in [0.15, 0.2) is 11.5 Å². The lowest BCUT2D eigenvalue weighted by Crippen LogP contribution is -2.43. The second kappa shape index (κ2) is 14.7. The molecule has 40 heavy (non-hydrogen) atoms. The van der Waals surface area contributed by atoms with Gasteiger partial charge in [-0.2, -0.15) is 0 Å². The molecule has 12 heteroatoms. The number of carbonyl (C=O) groups excluding carboxylic acids is 3. The summed E-state index contributed by atoms with van der Waals surface area (Å²) in [7, 11) is 0. The van der Waals surface area contributed by atoms with Crippen molar-refractivity contribution in [3.05, 3.63) is 23.8 Å². The predicted octanol–water partition coefficient (Wildman–Crippen LogP) is 5.49. The zero-order chi connectivity index (χ0) is 30.8. The Hall–Kier alpha value is -3.54. The van der Waals surface area contributed by atoms with Gasteiger partial charge in [-0.1, -0.05) is 19.9 Å². The van der Waals surface area contributed by atoms with E-state index in [2.05, 4.69) is 5.32 Å². The minimum atomic E-state index is -1.16. The molecule has 1 rings (SSSR count). The molecule has 0 spiro atoms. The molecular weight excluding hydrogens is 526 g/mol. The molecule has 0 aliphatic carbocycles. The molecule has 0 saturated heterocycles. The van der Waals surface area contributed by atoms with Gasteiger partial charge >= 0.3 is 24.4 Å². The van der Waals surface area contributed by atoms with Crippen LogP contribution in [0.1, 0.15) is 74.8 Å². The van der Waals surface area contributed by atoms with Crippen molar-refractivity contribution in [2.75, 3.05) is 6.54 Å². The van der Waals surface area contributed by atoms with E-state index in [-0.39, 0.29) is 36.5 Å². The number of hydrogen-bond acceptors (Lipinski definition) is 11. The van der Waals surface area contributed by atoms with Crippen LogP contribution in [0.5, 0.6) is 11.5 Å². The lowest BCUT2D eigenvalue weighted by Gasteiger charge is -2.22. The van der Waals surface area contributed by atoms with Crippen LogP contribution in [0.4, 0.5) is 14.4 Å². The van der Waals surface area contributed by atoms with Crippen LogP contribution in [-0.2, 0) is 30.2 Å². The first-order valence-electron chi connectivity index (χ1n) is 13.0. The van der Waals surface area contributed by atoms with Gasteiger partial charge in [0.2, 0.25) is 0 Å². The molecule has 3 atom stereocenters. The molecule has 0 bridgehead atoms. The molecular formula is C28H43NO11. The minimum Gasteiger partial charge on any atom is -0.480 e. The molecule has 0 fully saturated rings. The predicted molar refractivity (Wildman–Crippen MR) is 145 cm³/mol. The van der Waals surface area contributed by atoms with Crippen molar-refractivity contribution in [1.29, 1.82) is 0 Å². The summed E-state index contributed by atoms with van der Waals surface area (Å²) < 4.78 is 31.2. The van der Waals surface area contributed by atoms with Crippen molar-refractivity contribution in [3.63, 3.8) is 0 Å². The number of carboxylic acid groups (broad SMARTS) is 1. The summed E-state index contributed by atoms with van der Waals surface area (Å²) in [6.45, 7) is 17.1. The van der Waals surface area contributed by atoms with E-state index in [0.717, 1.165) is 0 Å². The van der Waals surface area contributed by atoms with Gasteiger partial charge in [0, 0.05) is 6.54 Å². The first-order valence-corrected chi connectivity index (χ1v) is 13.0. The lowest BCUT2D eigenvalue weighted by atomic mass is 10.0. The molecule has 1 aromatic rings. The van der Waals surface area contributed by atoms with Gasteiger partial charge in [-0.3, -0.25) is 4.79 Å². The molecule has 2 N–H and O–H groups in total. The third-order valence-corrected chi connectivity index (χ3v) is 5.08. The second-order valence-electron chi connectivity index (χ2n) is 11.7. The van der Waals surface area contributed by atoms with Gasteiger partial charge < -0.3 is 38.8 Å². The highest BCUT2D eigenvalue weighted by Crippen LogP contribution is 2.31. The number of carbonyl (C=O) groups is 4. The molecule has 0 radical (unpaired) electrons. The summed E-state index contributed by atoms with van der Waals surface area (Å²) in [4.78, 5) is 48.4. The van der Waals surface area contributed by atoms with Crippen LogP contribution in [0.15, 0.2) is 18.2 Å². The third kappa shape index (κ3) is 14.0. The summed E-state index contributed by atoms with van der Waals surface area (Å²) in [6, 6.07) is 3.15. The van der Waals surface area contributed by atoms with Crippen LogP contribution < -0.4 is 14.8 Å². The maximum atomic E-state index is 12.3. The van der Waals surface area contributed by atoms with E-state index in [4.69, 9.17) is 28.4 Å². The number of ether oxygens (including phenoxy) is 6. The standard InChI is InChI=1S/C28H43NO11/c1-16(2)18(4)36-24(32)35-17(3)15-29-20(23(30)31)13-19-11-12-21(37-25(33)39-27(5,6)7)22(14-19)38-26(34)40-28(8,9)10/h11-12,14,16-18,20,29H,13,15H2,1-10H3,(H,30,31)/t17?,18?,20-/m0/s1. The maximum absolute atomic E-state index is 12.3. The topological polar surface area (TPSA) is 156 Å². The Morgan fingerprint density at radius 1 is 0.800 bits per heavy atom. The van der Waals surface area contributed by atoms with Crippen LogP contribution in [0.3, 0.4) is 0 Å². The summed E-state index contributed by atoms with van der Waals surface area (Å²) >= 11 is 0. The molecule has 0 aromatic heterocycles. The average molecular weight is 570 g/mol. The highest BCUT2D eigenvalue weighted by molar-refractivity contribution is 5.74. The first-order chi connectivity index (χ1) is 18.3. The van der Waals surface area contributed by atoms with Crippen molar-refractivity contribution in [2.45, 2.75) is 105 Å². The van der Waals surface area contributed by atoms with E-state index in [1.165, 1.54) is 18.2 Å². The zero-order valence-electron chi connectivity index (χ0n) is 25.0. The smallest absolute Gasteiger partial charge is 0.480 e. The number of benzene rings is 1. The Bertz CT molecular complexity index is 1020. The Morgan fingerprint density at radius 3 is 1.80 bits per heavy atom. The molecule has 0 amide bonds. The third-order valence-electron chi connectivity index (χ3n) is 5.08. The van der Waals surface area contributed by atoms with Crippen LogP contribution in [0, 0.1) is 5.92 Å². The van der Waals surface area contributed by atoms with Crippen molar-refractivity contribution < 1.29 is 52.7 Å². The van der Waals surface area contributed by atoms with E-state index in [1.807, 2.05) is 13.8 Å². The second-order valence-corrected chi connectivity index (χ2v) is 11.7. The van der Waals surface area contributed by atoms with Gasteiger partial charge in [-0.25, -0.2) is 14.4 Å². The van der Waals surface area contributed by atoms with Crippen LogP contribution >= 0.6 is 0 Å². The van der Waals surface area contributed by atoms with E-state index in [1.54, 1.807) is 55.4 Å². The van der Waals surface area contributed by atoms with Crippen LogP contribution in [0.2, 0.25) is 0 Å². The minimum absolute atomic E-state index is 0.0310. The highest BCUT2D eigenvalue weighted by atomic mass is 16.8. The van der Waals surface area contributed by atoms with Crippen LogP contribution in [0.25, 0.3) is 0 Å². The number of hydrogen-bond donors (Lipinski definition) is 2. The maximum Gasteiger partial charge on any atom is 0.514 e. The molecule has 2 unspecified atom stereocenters. The van der Waals surface area contributed by atoms with E-state index >= 15 is 0 Å². The summed E-state index contributed by atoms with van der Waals surface area (Å²) in [5, 5.41) is 12.6. The Balaban J connectivity index is 3.02. The summed E-state index contributed by atoms with van der Waals surface area (Å²) in [5.41, 5.74) is -1.24. The molecule has 1 aromatic carbocycles. The van der Waals surface area contributed by atoms with Crippen molar-refractivity contribution >= 4 is 24.4 Å². The zero-order valence-corrected chi connectivity index (χ0v) is 25.0. The Labute approximate surface area is 235 Å². The molecule has 226 valence electrons. The van der Waals surface area contributed by atoms with Gasteiger partial charge in [0.05, 0.1) is 0 Å². The van der Waals surface area contributed by atoms with Gasteiger partial charge in [0.25, 0.3) is 0 Å². The normalized spacial score (nSPS) is 14.0. The van der Waals surface area contributed by atoms with Crippen molar-refractivity contribution in [2.24, 2.45) is 5.92 Å². The fourth-order valence-electron chi connectivity index (χ4n) is 2.88. The summed E-state index contributed by atoms with van der Waals surface area (Å²) in [6.07, 6.45) is -3.96. The quantitative estimate of drug-likeness (QED) is 0.197. The monoisotopic (exact) mass is 569 g/mol. The number of aliphatic carboxylic acids is 1. The first kappa shape index (κ1) is 34.5. The fourth-order valence-corrected chi connectivity index (χ4v) is 2.88. The Morgan fingerprint density at radius 2 is 1.32 bits per heavy atom. The number of rotatable bonds is 11. The average Bonchev–Trinajstić information content (AvgIpc) is 2.75. The molecule has 0 saturated carbocycles. The van der Waals surface area contributed by atoms with Gasteiger partial charge in [-0.15, -0.1) is 0 Å². The summed E-state index contributed by atoms with van der Waals surface area (Å²) in [5.74, 6) is -1.34. The van der Waals surface area contributed by atoms with Crippen molar-refractivity contribution in [3.8, 4) is 11.5 Å². The lowest BCUT2D eigenvalue weighted by molar-refractivity contribution is -0.139. The van der Waals surface area contributed by atoms with Gasteiger partial charge in [0.1, 0.15) is 29.5 Å². The van der Waals surface area contributed by atoms with Crippen molar-refractivity contribution in [1.82, 2.24) is 5.32 Å².